The zero-order chi connectivity index (χ0) is 32.8. The number of fused-ring (bicyclic) bond motifs is 3. The fraction of sp³-hybridized carbons (Fsp3) is 0.364. The zero-order valence-electron chi connectivity index (χ0n) is 25.4. The van der Waals surface area contributed by atoms with Crippen LogP contribution in [0.15, 0.2) is 83.9 Å². The smallest absolute Gasteiger partial charge is 0.303 e. The molecule has 1 aliphatic rings. The van der Waals surface area contributed by atoms with E-state index in [1.165, 1.54) is 12.1 Å². The molecular weight excluding hydrogens is 617 g/mol. The molecule has 0 bridgehead atoms. The Morgan fingerprint density at radius 1 is 0.978 bits per heavy atom. The highest BCUT2D eigenvalue weighted by atomic mass is 32.2. The van der Waals surface area contributed by atoms with Crippen molar-refractivity contribution in [2.24, 2.45) is 0 Å². The Morgan fingerprint density at radius 2 is 1.71 bits per heavy atom. The van der Waals surface area contributed by atoms with Crippen LogP contribution in [0.5, 0.6) is 0 Å². The second-order valence-corrected chi connectivity index (χ2v) is 14.7. The van der Waals surface area contributed by atoms with Gasteiger partial charge in [0.2, 0.25) is 0 Å². The predicted molar refractivity (Wildman–Crippen MR) is 172 cm³/mol. The van der Waals surface area contributed by atoms with E-state index < -0.39 is 37.4 Å². The third kappa shape index (κ3) is 8.59. The molecular formula is C33H39N2O8S2-. The number of benzene rings is 3. The number of unbranched alkanes of at least 4 members (excludes halogenated alkanes) is 2. The molecule has 0 aliphatic carbocycles. The summed E-state index contributed by atoms with van der Waals surface area (Å²) in [5, 5.41) is 13.8. The van der Waals surface area contributed by atoms with Crippen molar-refractivity contribution in [2.75, 3.05) is 17.6 Å². The van der Waals surface area contributed by atoms with Gasteiger partial charge in [-0.3, -0.25) is 9.69 Å². The van der Waals surface area contributed by atoms with Crippen LogP contribution in [0.4, 0.5) is 11.4 Å². The Kier molecular flexibility index (Phi) is 10.9. The average Bonchev–Trinajstić information content (AvgIpc) is 3.19. The molecule has 10 nitrogen and oxygen atoms in total. The Balaban J connectivity index is 1.81. The standard InChI is InChI=1S/C33H40N2O8S2/c1-24-22-26(45(41,42)43)23-28-27(24)16-17-29-32(28)33(2,18-9-4-7-15-31(36)37)30(35(29)20-11-21-44(38,39)40)14-8-10-19-34-25-12-5-3-6-13-25/h3,5-6,8,10,12-14,16-17,19,22-23,30,34H,4,7,9,11,15,18,20-21H2,1-2H3,(H,36,37)(H,38,39,40)(H,41,42,43)/p-1/b14-8+,19-10+. The molecule has 0 aromatic heterocycles. The molecule has 242 valence electrons. The monoisotopic (exact) mass is 655 g/mol. The van der Waals surface area contributed by atoms with Crippen molar-refractivity contribution in [3.63, 3.8) is 0 Å². The maximum atomic E-state index is 12.1. The summed E-state index contributed by atoms with van der Waals surface area (Å²) in [5.74, 6) is -1.37. The normalized spacial score (nSPS) is 20.3. The highest BCUT2D eigenvalue weighted by Gasteiger charge is 2.51. The first kappa shape index (κ1) is 34.3. The number of anilines is 1. The lowest BCUT2D eigenvalue weighted by Gasteiger charge is -2.32. The van der Waals surface area contributed by atoms with Crippen LogP contribution in [-0.2, 0) is 30.4 Å². The van der Waals surface area contributed by atoms with Gasteiger partial charge in [0.25, 0.3) is 0 Å². The van der Waals surface area contributed by atoms with Crippen molar-refractivity contribution < 1.29 is 40.7 Å². The fourth-order valence-corrected chi connectivity index (χ4v) is 7.60. The molecule has 3 aromatic carbocycles. The van der Waals surface area contributed by atoms with E-state index >= 15 is 0 Å². The molecule has 3 atom stereocenters. The summed E-state index contributed by atoms with van der Waals surface area (Å²) in [7, 11) is -9.18. The Morgan fingerprint density at radius 3 is 2.38 bits per heavy atom. The molecule has 0 saturated heterocycles. The molecule has 0 radical (unpaired) electrons. The number of hydrogen-bond acceptors (Lipinski definition) is 8. The minimum atomic E-state index is -4.75. The lowest BCUT2D eigenvalue weighted by Crippen LogP contribution is -3.11. The summed E-state index contributed by atoms with van der Waals surface area (Å²) in [6.07, 6.45) is 10.3. The number of aryl methyl sites for hydroxylation is 1. The second-order valence-electron chi connectivity index (χ2n) is 11.8. The molecule has 0 spiro atoms. The molecule has 1 heterocycles. The number of carboxylic acids is 1. The maximum Gasteiger partial charge on any atom is 0.303 e. The molecule has 3 N–H and O–H groups in total. The van der Waals surface area contributed by atoms with Gasteiger partial charge in [0, 0.05) is 42.1 Å². The van der Waals surface area contributed by atoms with Crippen LogP contribution < -0.4 is 10.2 Å². The van der Waals surface area contributed by atoms with E-state index in [0.717, 1.165) is 27.2 Å². The van der Waals surface area contributed by atoms with Gasteiger partial charge in [0.1, 0.15) is 21.8 Å². The number of nitrogens with one attached hydrogen (secondary N) is 2. The van der Waals surface area contributed by atoms with Crippen LogP contribution in [0.1, 0.15) is 56.6 Å². The quantitative estimate of drug-likeness (QED) is 0.122. The first-order valence-electron chi connectivity index (χ1n) is 14.9. The first-order valence-corrected chi connectivity index (χ1v) is 17.9. The number of hydrogen-bond donors (Lipinski definition) is 3. The second kappa shape index (κ2) is 14.3. The topological polar surface area (TPSA) is 168 Å². The highest BCUT2D eigenvalue weighted by Crippen LogP contribution is 2.46. The van der Waals surface area contributed by atoms with E-state index in [1.807, 2.05) is 60.7 Å². The number of rotatable bonds is 15. The Hall–Kier alpha value is -3.55. The molecule has 0 saturated carbocycles. The largest absolute Gasteiger partial charge is 0.748 e. The third-order valence-electron chi connectivity index (χ3n) is 8.55. The summed E-state index contributed by atoms with van der Waals surface area (Å²) in [5.41, 5.74) is 2.66. The molecule has 45 heavy (non-hydrogen) atoms. The number of para-hydroxylation sites is 1. The van der Waals surface area contributed by atoms with Crippen molar-refractivity contribution in [2.45, 2.75) is 68.7 Å². The van der Waals surface area contributed by atoms with Crippen molar-refractivity contribution in [3.05, 3.63) is 90.2 Å². The lowest BCUT2D eigenvalue weighted by atomic mass is 9.72. The average molecular weight is 656 g/mol. The number of quaternary nitrogens is 1. The number of carbonyl (C=O) groups is 1. The molecule has 3 unspecified atom stereocenters. The minimum Gasteiger partial charge on any atom is -0.748 e. The van der Waals surface area contributed by atoms with Crippen LogP contribution in [0.2, 0.25) is 0 Å². The molecule has 4 rings (SSSR count). The molecule has 1 aliphatic heterocycles. The summed E-state index contributed by atoms with van der Waals surface area (Å²) < 4.78 is 70.9. The van der Waals surface area contributed by atoms with E-state index in [0.29, 0.717) is 43.2 Å². The van der Waals surface area contributed by atoms with E-state index in [2.05, 4.69) is 12.2 Å². The Bertz CT molecular complexity index is 1810. The van der Waals surface area contributed by atoms with E-state index in [1.54, 1.807) is 13.1 Å². The van der Waals surface area contributed by atoms with E-state index in [4.69, 9.17) is 5.11 Å². The van der Waals surface area contributed by atoms with Gasteiger partial charge < -0.3 is 19.5 Å². The summed E-state index contributed by atoms with van der Waals surface area (Å²) in [6, 6.07) is 16.0. The summed E-state index contributed by atoms with van der Waals surface area (Å²) in [6.45, 7) is 4.16. The predicted octanol–water partition coefficient (Wildman–Crippen LogP) is 4.36. The third-order valence-corrected chi connectivity index (χ3v) is 10.1. The van der Waals surface area contributed by atoms with Gasteiger partial charge >= 0.3 is 5.97 Å². The lowest BCUT2D eigenvalue weighted by molar-refractivity contribution is -0.850. The fourth-order valence-electron chi connectivity index (χ4n) is 6.52. The minimum absolute atomic E-state index is 0.0593. The maximum absolute atomic E-state index is 12.1. The molecule has 12 heteroatoms. The van der Waals surface area contributed by atoms with E-state index in [9.17, 15) is 30.7 Å². The van der Waals surface area contributed by atoms with Crippen molar-refractivity contribution in [1.82, 2.24) is 0 Å². The molecule has 0 fully saturated rings. The van der Waals surface area contributed by atoms with Gasteiger partial charge in [-0.1, -0.05) is 37.1 Å². The summed E-state index contributed by atoms with van der Waals surface area (Å²) in [4.78, 5) is 11.7. The van der Waals surface area contributed by atoms with Crippen LogP contribution in [-0.4, -0.2) is 55.4 Å². The van der Waals surface area contributed by atoms with Gasteiger partial charge in [-0.15, -0.1) is 0 Å². The molecule has 0 amide bonds. The van der Waals surface area contributed by atoms with Crippen LogP contribution in [0.3, 0.4) is 0 Å². The van der Waals surface area contributed by atoms with Gasteiger partial charge in [0.15, 0.2) is 0 Å². The van der Waals surface area contributed by atoms with Crippen LogP contribution in [0.25, 0.3) is 10.8 Å². The van der Waals surface area contributed by atoms with Gasteiger partial charge in [-0.2, -0.15) is 0 Å². The SMILES string of the molecule is Cc1cc(S(=O)(=O)[O-])cc2c3c(ccc12)[NH+](CCCS(=O)(=O)[O-])C(/C=C/C=C/Nc1ccccc1)C3(C)CCCCCC(=O)O. The highest BCUT2D eigenvalue weighted by molar-refractivity contribution is 7.86. The number of aliphatic carboxylic acids is 1. The van der Waals surface area contributed by atoms with Crippen molar-refractivity contribution >= 4 is 48.4 Å². The van der Waals surface area contributed by atoms with Crippen molar-refractivity contribution in [1.29, 1.82) is 0 Å². The van der Waals surface area contributed by atoms with Crippen molar-refractivity contribution in [3.8, 4) is 0 Å². The van der Waals surface area contributed by atoms with Gasteiger partial charge in [-0.05, 0) is 85.5 Å². The zero-order valence-corrected chi connectivity index (χ0v) is 27.0. The van der Waals surface area contributed by atoms with E-state index in [-0.39, 0.29) is 23.8 Å². The van der Waals surface area contributed by atoms with Crippen LogP contribution in [0, 0.1) is 6.92 Å². The number of carboxylic acid groups (broad SMARTS) is 1. The van der Waals surface area contributed by atoms with Crippen LogP contribution >= 0.6 is 0 Å². The van der Waals surface area contributed by atoms with Gasteiger partial charge in [0.05, 0.1) is 27.0 Å². The molecule has 3 aromatic rings. The number of allylic oxidation sites excluding steroid dienone is 2. The first-order chi connectivity index (χ1) is 21.2. The Labute approximate surface area is 265 Å². The van der Waals surface area contributed by atoms with Gasteiger partial charge in [-0.25, -0.2) is 16.8 Å². The summed E-state index contributed by atoms with van der Waals surface area (Å²) >= 11 is 0.